The van der Waals surface area contributed by atoms with Gasteiger partial charge in [0.15, 0.2) is 5.82 Å². The Kier molecular flexibility index (Phi) is 2.89. The van der Waals surface area contributed by atoms with Crippen LogP contribution >= 0.6 is 0 Å². The summed E-state index contributed by atoms with van der Waals surface area (Å²) in [5.41, 5.74) is 7.41. The lowest BCUT2D eigenvalue weighted by atomic mass is 10.2. The molecular formula is C13H11N5O. The first-order valence-electron chi connectivity index (χ1n) is 5.74. The van der Waals surface area contributed by atoms with E-state index in [-0.39, 0.29) is 0 Å². The SMILES string of the molecule is Nc1cc(-c2nc(Cc3cccnc3)no2)ccn1. The van der Waals surface area contributed by atoms with E-state index in [9.17, 15) is 0 Å². The molecular weight excluding hydrogens is 242 g/mol. The summed E-state index contributed by atoms with van der Waals surface area (Å²) in [4.78, 5) is 12.3. The van der Waals surface area contributed by atoms with Gasteiger partial charge < -0.3 is 10.3 Å². The second kappa shape index (κ2) is 4.85. The summed E-state index contributed by atoms with van der Waals surface area (Å²) >= 11 is 0. The molecule has 0 fully saturated rings. The molecule has 0 amide bonds. The van der Waals surface area contributed by atoms with E-state index in [1.165, 1.54) is 0 Å². The largest absolute Gasteiger partial charge is 0.384 e. The van der Waals surface area contributed by atoms with Gasteiger partial charge in [-0.15, -0.1) is 0 Å². The van der Waals surface area contributed by atoms with Gasteiger partial charge in [-0.2, -0.15) is 4.98 Å². The predicted octanol–water partition coefficient (Wildman–Crippen LogP) is 1.70. The highest BCUT2D eigenvalue weighted by molar-refractivity contribution is 5.56. The van der Waals surface area contributed by atoms with Crippen LogP contribution in [0.4, 0.5) is 5.82 Å². The van der Waals surface area contributed by atoms with Crippen molar-refractivity contribution in [2.45, 2.75) is 6.42 Å². The molecule has 0 bridgehead atoms. The average Bonchev–Trinajstić information content (AvgIpc) is 2.88. The van der Waals surface area contributed by atoms with Crippen LogP contribution in [0.2, 0.25) is 0 Å². The van der Waals surface area contributed by atoms with Gasteiger partial charge in [-0.3, -0.25) is 4.98 Å². The lowest BCUT2D eigenvalue weighted by Gasteiger charge is -1.95. The molecule has 0 aliphatic carbocycles. The number of anilines is 1. The topological polar surface area (TPSA) is 90.7 Å². The number of aromatic nitrogens is 4. The fourth-order valence-corrected chi connectivity index (χ4v) is 1.71. The van der Waals surface area contributed by atoms with Crippen LogP contribution in [-0.4, -0.2) is 20.1 Å². The Morgan fingerprint density at radius 2 is 2.16 bits per heavy atom. The Labute approximate surface area is 109 Å². The first-order valence-corrected chi connectivity index (χ1v) is 5.74. The monoisotopic (exact) mass is 253 g/mol. The maximum absolute atomic E-state index is 5.62. The zero-order valence-corrected chi connectivity index (χ0v) is 10.0. The van der Waals surface area contributed by atoms with Gasteiger partial charge >= 0.3 is 0 Å². The lowest BCUT2D eigenvalue weighted by molar-refractivity contribution is 0.424. The van der Waals surface area contributed by atoms with Crippen LogP contribution in [0.3, 0.4) is 0 Å². The third kappa shape index (κ3) is 2.57. The Hall–Kier alpha value is -2.76. The molecule has 94 valence electrons. The third-order valence-corrected chi connectivity index (χ3v) is 2.58. The van der Waals surface area contributed by atoms with Crippen LogP contribution in [0.1, 0.15) is 11.4 Å². The molecule has 3 aromatic rings. The van der Waals surface area contributed by atoms with E-state index in [2.05, 4.69) is 20.1 Å². The van der Waals surface area contributed by atoms with E-state index in [0.717, 1.165) is 11.1 Å². The molecule has 0 saturated heterocycles. The molecule has 19 heavy (non-hydrogen) atoms. The summed E-state index contributed by atoms with van der Waals surface area (Å²) in [5, 5.41) is 3.94. The van der Waals surface area contributed by atoms with E-state index in [1.807, 2.05) is 12.1 Å². The van der Waals surface area contributed by atoms with Crippen LogP contribution in [0.15, 0.2) is 47.4 Å². The van der Waals surface area contributed by atoms with Gasteiger partial charge in [0.05, 0.1) is 0 Å². The predicted molar refractivity (Wildman–Crippen MR) is 69.0 cm³/mol. The molecule has 3 heterocycles. The summed E-state index contributed by atoms with van der Waals surface area (Å²) in [7, 11) is 0. The van der Waals surface area contributed by atoms with Crippen LogP contribution in [0.25, 0.3) is 11.5 Å². The van der Waals surface area contributed by atoms with E-state index in [1.54, 1.807) is 30.7 Å². The number of rotatable bonds is 3. The highest BCUT2D eigenvalue weighted by Crippen LogP contribution is 2.18. The Morgan fingerprint density at radius 1 is 1.21 bits per heavy atom. The molecule has 0 aliphatic rings. The van der Waals surface area contributed by atoms with Crippen molar-refractivity contribution in [3.05, 3.63) is 54.2 Å². The average molecular weight is 253 g/mol. The molecule has 3 rings (SSSR count). The summed E-state index contributed by atoms with van der Waals surface area (Å²) < 4.78 is 5.21. The van der Waals surface area contributed by atoms with Crippen molar-refractivity contribution in [2.24, 2.45) is 0 Å². The van der Waals surface area contributed by atoms with Crippen molar-refractivity contribution < 1.29 is 4.52 Å². The minimum atomic E-state index is 0.421. The maximum Gasteiger partial charge on any atom is 0.258 e. The molecule has 0 saturated carbocycles. The van der Waals surface area contributed by atoms with E-state index < -0.39 is 0 Å². The van der Waals surface area contributed by atoms with E-state index in [4.69, 9.17) is 10.3 Å². The quantitative estimate of drug-likeness (QED) is 0.763. The third-order valence-electron chi connectivity index (χ3n) is 2.58. The summed E-state index contributed by atoms with van der Waals surface area (Å²) in [6.45, 7) is 0. The van der Waals surface area contributed by atoms with Gasteiger partial charge in [0, 0.05) is 30.6 Å². The van der Waals surface area contributed by atoms with Gasteiger partial charge in [0.1, 0.15) is 5.82 Å². The van der Waals surface area contributed by atoms with Crippen molar-refractivity contribution in [1.82, 2.24) is 20.1 Å². The van der Waals surface area contributed by atoms with Gasteiger partial charge in [-0.05, 0) is 23.8 Å². The molecule has 2 N–H and O–H groups in total. The molecule has 6 heteroatoms. The van der Waals surface area contributed by atoms with Crippen LogP contribution in [0, 0.1) is 0 Å². The van der Waals surface area contributed by atoms with Crippen LogP contribution in [0.5, 0.6) is 0 Å². The van der Waals surface area contributed by atoms with Gasteiger partial charge in [0.2, 0.25) is 0 Å². The fraction of sp³-hybridized carbons (Fsp3) is 0.0769. The zero-order valence-electron chi connectivity index (χ0n) is 10.0. The molecule has 0 unspecified atom stereocenters. The van der Waals surface area contributed by atoms with Crippen molar-refractivity contribution >= 4 is 5.82 Å². The van der Waals surface area contributed by atoms with Crippen LogP contribution < -0.4 is 5.73 Å². The number of hydrogen-bond donors (Lipinski definition) is 1. The van der Waals surface area contributed by atoms with Gasteiger partial charge in [-0.1, -0.05) is 11.2 Å². The first-order chi connectivity index (χ1) is 9.31. The summed E-state index contributed by atoms with van der Waals surface area (Å²) in [6, 6.07) is 7.31. The van der Waals surface area contributed by atoms with Crippen molar-refractivity contribution in [1.29, 1.82) is 0 Å². The van der Waals surface area contributed by atoms with Crippen LogP contribution in [-0.2, 0) is 6.42 Å². The Morgan fingerprint density at radius 3 is 2.95 bits per heavy atom. The molecule has 3 aromatic heterocycles. The molecule has 0 atom stereocenters. The van der Waals surface area contributed by atoms with Crippen molar-refractivity contribution in [3.8, 4) is 11.5 Å². The molecule has 6 nitrogen and oxygen atoms in total. The smallest absolute Gasteiger partial charge is 0.258 e. The minimum Gasteiger partial charge on any atom is -0.384 e. The Balaban J connectivity index is 1.84. The lowest BCUT2D eigenvalue weighted by Crippen LogP contribution is -1.92. The number of hydrogen-bond acceptors (Lipinski definition) is 6. The fourth-order valence-electron chi connectivity index (χ4n) is 1.71. The maximum atomic E-state index is 5.62. The van der Waals surface area contributed by atoms with Gasteiger partial charge in [0.25, 0.3) is 5.89 Å². The second-order valence-electron chi connectivity index (χ2n) is 4.02. The molecule has 0 aliphatic heterocycles. The molecule has 0 spiro atoms. The summed E-state index contributed by atoms with van der Waals surface area (Å²) in [5.74, 6) is 1.47. The molecule has 0 aromatic carbocycles. The Bertz CT molecular complexity index is 680. The number of nitrogens with two attached hydrogens (primary N) is 1. The highest BCUT2D eigenvalue weighted by atomic mass is 16.5. The number of pyridine rings is 2. The van der Waals surface area contributed by atoms with E-state index >= 15 is 0 Å². The van der Waals surface area contributed by atoms with Gasteiger partial charge in [-0.25, -0.2) is 4.98 Å². The number of nitrogens with zero attached hydrogens (tertiary/aromatic N) is 4. The van der Waals surface area contributed by atoms with Crippen molar-refractivity contribution in [2.75, 3.05) is 5.73 Å². The highest BCUT2D eigenvalue weighted by Gasteiger charge is 2.09. The zero-order chi connectivity index (χ0) is 13.1. The second-order valence-corrected chi connectivity index (χ2v) is 4.02. The normalized spacial score (nSPS) is 10.5. The van der Waals surface area contributed by atoms with Crippen molar-refractivity contribution in [3.63, 3.8) is 0 Å². The number of nitrogen functional groups attached to an aromatic ring is 1. The standard InChI is InChI=1S/C13H11N5O/c14-11-7-10(3-5-16-11)13-17-12(18-19-13)6-9-2-1-4-15-8-9/h1-5,7-8H,6H2,(H2,14,16). The molecule has 0 radical (unpaired) electrons. The minimum absolute atomic E-state index is 0.421. The van der Waals surface area contributed by atoms with E-state index in [0.29, 0.717) is 24.0 Å². The summed E-state index contributed by atoms with van der Waals surface area (Å²) in [6.07, 6.45) is 5.69. The first kappa shape index (κ1) is 11.3.